The lowest BCUT2D eigenvalue weighted by Crippen LogP contribution is -2.46. The average molecular weight is 404 g/mol. The second kappa shape index (κ2) is 7.61. The van der Waals surface area contributed by atoms with E-state index in [2.05, 4.69) is 26.2 Å². The van der Waals surface area contributed by atoms with Crippen molar-refractivity contribution in [2.45, 2.75) is 45.8 Å². The summed E-state index contributed by atoms with van der Waals surface area (Å²) in [4.78, 5) is 30.3. The first kappa shape index (κ1) is 18.2. The Bertz CT molecular complexity index is 571. The van der Waals surface area contributed by atoms with Crippen LogP contribution in [-0.4, -0.2) is 40.6 Å². The Kier molecular flexibility index (Phi) is 6.02. The molecular formula is C15H22BrN3O3S. The summed E-state index contributed by atoms with van der Waals surface area (Å²) in [5, 5.41) is 5.63. The maximum absolute atomic E-state index is 12.3. The topological polar surface area (TPSA) is 71.5 Å². The van der Waals surface area contributed by atoms with Crippen molar-refractivity contribution in [3.8, 4) is 0 Å². The Morgan fingerprint density at radius 1 is 1.52 bits per heavy atom. The van der Waals surface area contributed by atoms with Crippen molar-refractivity contribution >= 4 is 39.3 Å². The van der Waals surface area contributed by atoms with Crippen LogP contribution in [0.4, 0.5) is 4.79 Å². The van der Waals surface area contributed by atoms with Crippen LogP contribution in [0.1, 0.15) is 38.6 Å². The number of hydrogen-bond donors (Lipinski definition) is 1. The molecule has 1 saturated heterocycles. The van der Waals surface area contributed by atoms with Crippen molar-refractivity contribution in [2.24, 2.45) is 5.92 Å². The highest BCUT2D eigenvalue weighted by atomic mass is 79.9. The van der Waals surface area contributed by atoms with E-state index in [0.717, 1.165) is 22.5 Å². The van der Waals surface area contributed by atoms with E-state index in [1.54, 1.807) is 4.90 Å². The first-order chi connectivity index (χ1) is 10.7. The van der Waals surface area contributed by atoms with Gasteiger partial charge in [-0.2, -0.15) is 0 Å². The van der Waals surface area contributed by atoms with Gasteiger partial charge in [0.2, 0.25) is 5.91 Å². The summed E-state index contributed by atoms with van der Waals surface area (Å²) in [5.74, 6) is -0.232. The Morgan fingerprint density at radius 2 is 2.26 bits per heavy atom. The van der Waals surface area contributed by atoms with Crippen molar-refractivity contribution < 1.29 is 14.3 Å². The van der Waals surface area contributed by atoms with Gasteiger partial charge in [0, 0.05) is 18.5 Å². The fourth-order valence-corrected chi connectivity index (χ4v) is 3.56. The molecule has 0 radical (unpaired) electrons. The van der Waals surface area contributed by atoms with Crippen molar-refractivity contribution in [1.82, 2.24) is 15.2 Å². The lowest BCUT2D eigenvalue weighted by atomic mass is 9.97. The highest BCUT2D eigenvalue weighted by Crippen LogP contribution is 2.20. The number of hydrogen-bond acceptors (Lipinski definition) is 5. The molecule has 2 heterocycles. The number of amides is 2. The second-order valence-electron chi connectivity index (χ2n) is 6.55. The van der Waals surface area contributed by atoms with E-state index in [1.807, 2.05) is 26.2 Å². The van der Waals surface area contributed by atoms with Gasteiger partial charge in [-0.25, -0.2) is 9.78 Å². The van der Waals surface area contributed by atoms with Gasteiger partial charge >= 0.3 is 6.09 Å². The third-order valence-electron chi connectivity index (χ3n) is 3.38. The largest absolute Gasteiger partial charge is 0.444 e. The Hall–Kier alpha value is -1.15. The van der Waals surface area contributed by atoms with Gasteiger partial charge < -0.3 is 15.0 Å². The van der Waals surface area contributed by atoms with E-state index in [4.69, 9.17) is 4.74 Å². The van der Waals surface area contributed by atoms with E-state index in [0.29, 0.717) is 19.6 Å². The molecule has 1 atom stereocenters. The first-order valence-electron chi connectivity index (χ1n) is 7.60. The Labute approximate surface area is 148 Å². The fraction of sp³-hybridized carbons (Fsp3) is 0.667. The maximum atomic E-state index is 12.3. The predicted octanol–water partition coefficient (Wildman–Crippen LogP) is 3.17. The molecule has 0 saturated carbocycles. The molecule has 1 aliphatic rings. The summed E-state index contributed by atoms with van der Waals surface area (Å²) in [6.45, 7) is 6.97. The quantitative estimate of drug-likeness (QED) is 0.840. The van der Waals surface area contributed by atoms with Crippen LogP contribution in [0, 0.1) is 5.92 Å². The van der Waals surface area contributed by atoms with E-state index < -0.39 is 5.60 Å². The number of carbonyl (C=O) groups is 2. The third kappa shape index (κ3) is 5.76. The maximum Gasteiger partial charge on any atom is 0.410 e. The normalized spacial score (nSPS) is 18.6. The predicted molar refractivity (Wildman–Crippen MR) is 92.2 cm³/mol. The van der Waals surface area contributed by atoms with E-state index in [-0.39, 0.29) is 17.9 Å². The van der Waals surface area contributed by atoms with Crippen LogP contribution in [0.15, 0.2) is 9.98 Å². The summed E-state index contributed by atoms with van der Waals surface area (Å²) >= 11 is 4.78. The van der Waals surface area contributed by atoms with Crippen LogP contribution in [0.2, 0.25) is 0 Å². The number of carbonyl (C=O) groups excluding carboxylic acids is 2. The second-order valence-corrected chi connectivity index (χ2v) is 8.30. The summed E-state index contributed by atoms with van der Waals surface area (Å²) in [6, 6.07) is 0. The van der Waals surface area contributed by atoms with Crippen LogP contribution in [0.3, 0.4) is 0 Å². The first-order valence-corrected chi connectivity index (χ1v) is 9.27. The van der Waals surface area contributed by atoms with Gasteiger partial charge in [-0.1, -0.05) is 0 Å². The van der Waals surface area contributed by atoms with E-state index in [1.165, 1.54) is 11.3 Å². The number of ether oxygens (including phenoxy) is 1. The lowest BCUT2D eigenvalue weighted by Gasteiger charge is -2.33. The highest BCUT2D eigenvalue weighted by Gasteiger charge is 2.30. The van der Waals surface area contributed by atoms with Crippen molar-refractivity contribution in [2.75, 3.05) is 13.1 Å². The summed E-state index contributed by atoms with van der Waals surface area (Å²) in [5.41, 5.74) is -0.523. The van der Waals surface area contributed by atoms with E-state index in [9.17, 15) is 9.59 Å². The number of likely N-dealkylation sites (tertiary alicyclic amines) is 1. The number of nitrogens with zero attached hydrogens (tertiary/aromatic N) is 2. The van der Waals surface area contributed by atoms with Crippen LogP contribution in [0.5, 0.6) is 0 Å². The highest BCUT2D eigenvalue weighted by molar-refractivity contribution is 9.10. The van der Waals surface area contributed by atoms with Crippen molar-refractivity contribution in [3.63, 3.8) is 0 Å². The Morgan fingerprint density at radius 3 is 2.87 bits per heavy atom. The minimum absolute atomic E-state index is 0.0374. The SMILES string of the molecule is CC(C)(C)OC(=O)N1CCC[C@H](C(=O)NCc2nc(Br)cs2)C1. The monoisotopic (exact) mass is 403 g/mol. The van der Waals surface area contributed by atoms with Gasteiger partial charge in [-0.05, 0) is 49.5 Å². The van der Waals surface area contributed by atoms with Gasteiger partial charge in [-0.15, -0.1) is 11.3 Å². The molecule has 128 valence electrons. The van der Waals surface area contributed by atoms with Crippen LogP contribution >= 0.6 is 27.3 Å². The van der Waals surface area contributed by atoms with Gasteiger partial charge in [0.1, 0.15) is 15.2 Å². The third-order valence-corrected chi connectivity index (χ3v) is 4.94. The molecule has 0 bridgehead atoms. The summed E-state index contributed by atoms with van der Waals surface area (Å²) in [7, 11) is 0. The molecule has 1 fully saturated rings. The van der Waals surface area contributed by atoms with Gasteiger partial charge in [0.15, 0.2) is 0 Å². The van der Waals surface area contributed by atoms with Crippen LogP contribution in [0.25, 0.3) is 0 Å². The zero-order valence-electron chi connectivity index (χ0n) is 13.6. The number of thiazole rings is 1. The number of aromatic nitrogens is 1. The van der Waals surface area contributed by atoms with Gasteiger partial charge in [0.25, 0.3) is 0 Å². The molecule has 6 nitrogen and oxygen atoms in total. The number of rotatable bonds is 3. The molecule has 23 heavy (non-hydrogen) atoms. The van der Waals surface area contributed by atoms with E-state index >= 15 is 0 Å². The number of halogens is 1. The van der Waals surface area contributed by atoms with Crippen molar-refractivity contribution in [1.29, 1.82) is 0 Å². The molecular weight excluding hydrogens is 382 g/mol. The standard InChI is InChI=1S/C15H22BrN3O3S/c1-15(2,3)22-14(21)19-6-4-5-10(8-19)13(20)17-7-12-18-11(16)9-23-12/h9-10H,4-8H2,1-3H3,(H,17,20)/t10-/m0/s1. The molecule has 1 N–H and O–H groups in total. The molecule has 1 aromatic rings. The summed E-state index contributed by atoms with van der Waals surface area (Å²) in [6.07, 6.45) is 1.24. The Balaban J connectivity index is 1.85. The molecule has 8 heteroatoms. The lowest BCUT2D eigenvalue weighted by molar-refractivity contribution is -0.126. The number of piperidine rings is 1. The molecule has 2 rings (SSSR count). The molecule has 1 aliphatic heterocycles. The number of nitrogens with one attached hydrogen (secondary N) is 1. The average Bonchev–Trinajstić information content (AvgIpc) is 2.89. The summed E-state index contributed by atoms with van der Waals surface area (Å²) < 4.78 is 6.16. The molecule has 0 spiro atoms. The molecule has 1 aromatic heterocycles. The van der Waals surface area contributed by atoms with Gasteiger partial charge in [-0.3, -0.25) is 4.79 Å². The zero-order chi connectivity index (χ0) is 17.0. The van der Waals surface area contributed by atoms with Crippen molar-refractivity contribution in [3.05, 3.63) is 15.0 Å². The molecule has 2 amide bonds. The van der Waals surface area contributed by atoms with Crippen LogP contribution < -0.4 is 5.32 Å². The molecule has 0 unspecified atom stereocenters. The molecule has 0 aromatic carbocycles. The zero-order valence-corrected chi connectivity index (χ0v) is 16.0. The molecule has 0 aliphatic carbocycles. The smallest absolute Gasteiger partial charge is 0.410 e. The van der Waals surface area contributed by atoms with Gasteiger partial charge in [0.05, 0.1) is 12.5 Å². The van der Waals surface area contributed by atoms with Crippen LogP contribution in [-0.2, 0) is 16.1 Å². The minimum Gasteiger partial charge on any atom is -0.444 e. The minimum atomic E-state index is -0.523. The fourth-order valence-electron chi connectivity index (χ4n) is 2.36.